The highest BCUT2D eigenvalue weighted by Gasteiger charge is 2.56. The Labute approximate surface area is 236 Å². The van der Waals surface area contributed by atoms with E-state index in [0.29, 0.717) is 23.5 Å². The lowest BCUT2D eigenvalue weighted by Crippen LogP contribution is -2.45. The van der Waals surface area contributed by atoms with E-state index in [4.69, 9.17) is 9.47 Å². The van der Waals surface area contributed by atoms with Crippen LogP contribution in [0.4, 0.5) is 0 Å². The highest BCUT2D eigenvalue weighted by atomic mass is 16.5. The van der Waals surface area contributed by atoms with E-state index < -0.39 is 0 Å². The van der Waals surface area contributed by atoms with Gasteiger partial charge in [0.05, 0.1) is 0 Å². The summed E-state index contributed by atoms with van der Waals surface area (Å²) in [5.74, 6) is 1.66. The van der Waals surface area contributed by atoms with Gasteiger partial charge < -0.3 is 9.47 Å². The number of ether oxygens (including phenoxy) is 2. The average Bonchev–Trinajstić information content (AvgIpc) is 3.31. The highest BCUT2D eigenvalue weighted by molar-refractivity contribution is 5.88. The molecule has 0 saturated heterocycles. The van der Waals surface area contributed by atoms with Crippen LogP contribution in [-0.4, -0.2) is 18.0 Å². The number of carbonyl (C=O) groups excluding carboxylic acids is 2. The maximum atomic E-state index is 12.7. The monoisotopic (exact) mass is 532 g/mol. The molecule has 0 heterocycles. The van der Waals surface area contributed by atoms with Crippen molar-refractivity contribution in [1.82, 2.24) is 0 Å². The first-order valence-electron chi connectivity index (χ1n) is 14.5. The van der Waals surface area contributed by atoms with Crippen LogP contribution in [-0.2, 0) is 20.7 Å². The summed E-state index contributed by atoms with van der Waals surface area (Å²) in [5, 5.41) is 0. The first-order chi connectivity index (χ1) is 19.5. The van der Waals surface area contributed by atoms with E-state index in [-0.39, 0.29) is 23.5 Å². The van der Waals surface area contributed by atoms with Crippen LogP contribution >= 0.6 is 0 Å². The van der Waals surface area contributed by atoms with E-state index >= 15 is 0 Å². The van der Waals surface area contributed by atoms with Gasteiger partial charge in [-0.2, -0.15) is 0 Å². The van der Waals surface area contributed by atoms with E-state index in [1.54, 1.807) is 12.2 Å². The summed E-state index contributed by atoms with van der Waals surface area (Å²) < 4.78 is 11.7. The van der Waals surface area contributed by atoms with Gasteiger partial charge in [0.25, 0.3) is 0 Å². The summed E-state index contributed by atoms with van der Waals surface area (Å²) in [6.07, 6.45) is 12.9. The number of fused-ring (bicyclic) bond motifs is 5. The molecule has 5 atom stereocenters. The molecule has 6 rings (SSSR count). The highest BCUT2D eigenvalue weighted by Crippen LogP contribution is 2.61. The molecule has 0 bridgehead atoms. The fourth-order valence-corrected chi connectivity index (χ4v) is 7.55. The zero-order valence-electron chi connectivity index (χ0n) is 23.0. The lowest BCUT2D eigenvalue weighted by molar-refractivity contribution is -0.151. The Morgan fingerprint density at radius 3 is 2.17 bits per heavy atom. The molecule has 3 aromatic rings. The molecule has 4 heteroatoms. The molecule has 0 amide bonds. The van der Waals surface area contributed by atoms with Crippen LogP contribution in [0.2, 0.25) is 0 Å². The summed E-state index contributed by atoms with van der Waals surface area (Å²) in [4.78, 5) is 25.1. The number of aryl methyl sites for hydroxylation is 1. The maximum absolute atomic E-state index is 12.7. The molecule has 0 spiro atoms. The van der Waals surface area contributed by atoms with Gasteiger partial charge in [0, 0.05) is 17.6 Å². The molecule has 40 heavy (non-hydrogen) atoms. The van der Waals surface area contributed by atoms with E-state index in [1.165, 1.54) is 17.2 Å². The van der Waals surface area contributed by atoms with Crippen LogP contribution in [0, 0.1) is 17.3 Å². The van der Waals surface area contributed by atoms with Crippen molar-refractivity contribution in [2.45, 2.75) is 57.5 Å². The Kier molecular flexibility index (Phi) is 7.42. The van der Waals surface area contributed by atoms with Gasteiger partial charge in [0.1, 0.15) is 11.9 Å². The molecule has 0 N–H and O–H groups in total. The molecule has 3 aliphatic carbocycles. The van der Waals surface area contributed by atoms with Gasteiger partial charge >= 0.3 is 11.9 Å². The van der Waals surface area contributed by atoms with E-state index in [1.807, 2.05) is 72.8 Å². The molecule has 204 valence electrons. The molecule has 3 aliphatic rings. The van der Waals surface area contributed by atoms with Gasteiger partial charge in [-0.15, -0.1) is 0 Å². The largest absolute Gasteiger partial charge is 0.459 e. The van der Waals surface area contributed by atoms with Gasteiger partial charge in [-0.3, -0.25) is 0 Å². The summed E-state index contributed by atoms with van der Waals surface area (Å²) in [5.41, 5.74) is 4.69. The molecule has 0 radical (unpaired) electrons. The quantitative estimate of drug-likeness (QED) is 0.185. The second-order valence-electron chi connectivity index (χ2n) is 11.7. The third kappa shape index (κ3) is 5.40. The van der Waals surface area contributed by atoms with Gasteiger partial charge in [-0.1, -0.05) is 73.7 Å². The smallest absolute Gasteiger partial charge is 0.336 e. The van der Waals surface area contributed by atoms with Crippen molar-refractivity contribution < 1.29 is 19.1 Å². The third-order valence-electron chi connectivity index (χ3n) is 9.51. The summed E-state index contributed by atoms with van der Waals surface area (Å²) in [6.45, 7) is 2.35. The Balaban J connectivity index is 1.10. The Bertz CT molecular complexity index is 1420. The van der Waals surface area contributed by atoms with Crippen LogP contribution in [0.1, 0.15) is 67.2 Å². The van der Waals surface area contributed by atoms with Crippen molar-refractivity contribution in [1.29, 1.82) is 0 Å². The molecule has 2 saturated carbocycles. The summed E-state index contributed by atoms with van der Waals surface area (Å²) in [7, 11) is 0. The van der Waals surface area contributed by atoms with Crippen molar-refractivity contribution in [2.75, 3.05) is 0 Å². The van der Waals surface area contributed by atoms with Crippen molar-refractivity contribution in [2.24, 2.45) is 17.3 Å². The number of esters is 2. The first kappa shape index (κ1) is 26.3. The lowest BCUT2D eigenvalue weighted by atomic mass is 9.55. The Morgan fingerprint density at radius 2 is 1.48 bits per heavy atom. The van der Waals surface area contributed by atoms with Gasteiger partial charge in [-0.25, -0.2) is 9.59 Å². The molecule has 2 fully saturated rings. The van der Waals surface area contributed by atoms with Crippen LogP contribution in [0.3, 0.4) is 0 Å². The molecular formula is C36H36O4. The van der Waals surface area contributed by atoms with Crippen molar-refractivity contribution in [3.63, 3.8) is 0 Å². The Hall–Kier alpha value is -3.92. The third-order valence-corrected chi connectivity index (χ3v) is 9.51. The van der Waals surface area contributed by atoms with Crippen molar-refractivity contribution in [3.05, 3.63) is 113 Å². The summed E-state index contributed by atoms with van der Waals surface area (Å²) >= 11 is 0. The second-order valence-corrected chi connectivity index (χ2v) is 11.7. The second kappa shape index (κ2) is 11.3. The molecular weight excluding hydrogens is 496 g/mol. The molecule has 4 nitrogen and oxygen atoms in total. The molecule has 3 aromatic carbocycles. The SMILES string of the molecule is CC12CCC3c4ccc(OC(=O)C=Cc5ccccc5)cc4CCC3C1CCC2OC(=O)C=Cc1ccccc1. The lowest BCUT2D eigenvalue weighted by Gasteiger charge is -2.50. The standard InChI is InChI=1S/C36H36O4/c1-36-23-22-30-29-17-15-28(39-34(37)20-12-25-8-4-2-5-9-25)24-27(29)14-16-31(30)32(36)18-19-33(36)40-35(38)21-13-26-10-6-3-7-11-26/h2-13,15,17,20-21,24,30-33H,14,16,18-19,22-23H2,1H3. The average molecular weight is 533 g/mol. The van der Waals surface area contributed by atoms with E-state index in [9.17, 15) is 9.59 Å². The zero-order chi connectivity index (χ0) is 27.5. The number of benzene rings is 3. The topological polar surface area (TPSA) is 52.6 Å². The normalized spacial score (nSPS) is 27.1. The van der Waals surface area contributed by atoms with Gasteiger partial charge in [-0.05, 0) is 103 Å². The maximum Gasteiger partial charge on any atom is 0.336 e. The molecule has 0 aliphatic heterocycles. The van der Waals surface area contributed by atoms with Crippen molar-refractivity contribution in [3.8, 4) is 5.75 Å². The van der Waals surface area contributed by atoms with Crippen LogP contribution < -0.4 is 4.74 Å². The van der Waals surface area contributed by atoms with Crippen molar-refractivity contribution >= 4 is 24.1 Å². The minimum Gasteiger partial charge on any atom is -0.459 e. The predicted molar refractivity (Wildman–Crippen MR) is 158 cm³/mol. The van der Waals surface area contributed by atoms with Crippen LogP contribution in [0.25, 0.3) is 12.2 Å². The van der Waals surface area contributed by atoms with Gasteiger partial charge in [0.15, 0.2) is 0 Å². The van der Waals surface area contributed by atoms with E-state index in [0.717, 1.165) is 49.7 Å². The first-order valence-corrected chi connectivity index (χ1v) is 14.5. The van der Waals surface area contributed by atoms with Gasteiger partial charge in [0.2, 0.25) is 0 Å². The fourth-order valence-electron chi connectivity index (χ4n) is 7.55. The molecule has 0 aromatic heterocycles. The Morgan fingerprint density at radius 1 is 0.800 bits per heavy atom. The predicted octanol–water partition coefficient (Wildman–Crippen LogP) is 7.79. The number of rotatable bonds is 6. The molecule has 5 unspecified atom stereocenters. The van der Waals surface area contributed by atoms with E-state index in [2.05, 4.69) is 19.1 Å². The number of hydrogen-bond donors (Lipinski definition) is 0. The fraction of sp³-hybridized carbons (Fsp3) is 0.333. The minimum atomic E-state index is -0.365. The number of carbonyl (C=O) groups is 2. The number of hydrogen-bond acceptors (Lipinski definition) is 4. The summed E-state index contributed by atoms with van der Waals surface area (Å²) in [6, 6.07) is 25.8. The minimum absolute atomic E-state index is 0.0233. The van der Waals surface area contributed by atoms with Crippen LogP contribution in [0.5, 0.6) is 5.75 Å². The zero-order valence-corrected chi connectivity index (χ0v) is 23.0. The van der Waals surface area contributed by atoms with Crippen LogP contribution in [0.15, 0.2) is 91.0 Å².